The Bertz CT molecular complexity index is 1060. The van der Waals surface area contributed by atoms with Crippen molar-refractivity contribution in [2.24, 2.45) is 0 Å². The summed E-state index contributed by atoms with van der Waals surface area (Å²) in [5.74, 6) is -1.08. The Kier molecular flexibility index (Phi) is 6.22. The van der Waals surface area contributed by atoms with Gasteiger partial charge >= 0.3 is 0 Å². The van der Waals surface area contributed by atoms with Gasteiger partial charge in [-0.2, -0.15) is 0 Å². The topological polar surface area (TPSA) is 42.9 Å². The molecule has 3 nitrogen and oxygen atoms in total. The fourth-order valence-electron chi connectivity index (χ4n) is 3.67. The van der Waals surface area contributed by atoms with E-state index in [0.29, 0.717) is 10.0 Å². The number of hydrogen-bond donors (Lipinski definition) is 0. The van der Waals surface area contributed by atoms with Crippen LogP contribution in [0.2, 0.25) is 10.0 Å². The third-order valence-electron chi connectivity index (χ3n) is 4.97. The molecule has 30 heavy (non-hydrogen) atoms. The maximum absolute atomic E-state index is 14.1. The molecule has 2 atom stereocenters. The van der Waals surface area contributed by atoms with Gasteiger partial charge in [0, 0.05) is 34.8 Å². The van der Waals surface area contributed by atoms with Crippen molar-refractivity contribution in [2.75, 3.05) is 0 Å². The molecule has 0 saturated heterocycles. The van der Waals surface area contributed by atoms with E-state index < -0.39 is 11.8 Å². The average molecular weight is 433 g/mol. The van der Waals surface area contributed by atoms with Gasteiger partial charge < -0.3 is 0 Å². The molecule has 0 radical (unpaired) electrons. The van der Waals surface area contributed by atoms with E-state index in [1.807, 2.05) is 60.7 Å². The van der Waals surface area contributed by atoms with Gasteiger partial charge in [0.05, 0.1) is 11.8 Å². The molecule has 0 bridgehead atoms. The van der Waals surface area contributed by atoms with Crippen molar-refractivity contribution in [3.05, 3.63) is 130 Å². The number of carbonyl (C=O) groups is 1. The zero-order valence-electron chi connectivity index (χ0n) is 16.0. The third-order valence-corrected chi connectivity index (χ3v) is 5.44. The first-order chi connectivity index (χ1) is 14.6. The highest BCUT2D eigenvalue weighted by molar-refractivity contribution is 6.31. The van der Waals surface area contributed by atoms with Crippen LogP contribution in [-0.2, 0) is 4.79 Å². The Hall–Kier alpha value is -3.01. The number of hydrogen-bond acceptors (Lipinski definition) is 3. The molecule has 0 N–H and O–H groups in total. The maximum atomic E-state index is 14.1. The summed E-state index contributed by atoms with van der Waals surface area (Å²) in [5.41, 5.74) is 3.24. The summed E-state index contributed by atoms with van der Waals surface area (Å²) >= 11 is 12.5. The largest absolute Gasteiger partial charge is 0.298 e. The maximum Gasteiger partial charge on any atom is 0.156 e. The molecular weight excluding hydrogens is 415 g/mol. The lowest BCUT2D eigenvalue weighted by atomic mass is 9.78. The molecule has 0 spiro atoms. The molecule has 0 aliphatic carbocycles. The minimum atomic E-state index is -0.540. The zero-order valence-corrected chi connectivity index (χ0v) is 17.5. The van der Waals surface area contributed by atoms with E-state index in [9.17, 15) is 4.79 Å². The van der Waals surface area contributed by atoms with E-state index in [4.69, 9.17) is 23.2 Å². The van der Waals surface area contributed by atoms with Crippen molar-refractivity contribution >= 4 is 29.0 Å². The first-order valence-electron chi connectivity index (χ1n) is 9.48. The normalized spacial score (nSPS) is 12.9. The zero-order chi connectivity index (χ0) is 20.9. The SMILES string of the molecule is O=C(C(c1cccnc1)c1cccc(Cl)c1)C(c1cccnc1)c1cccc(Cl)c1. The van der Waals surface area contributed by atoms with Gasteiger partial charge in [-0.15, -0.1) is 0 Å². The molecule has 148 valence electrons. The molecule has 5 heteroatoms. The van der Waals surface area contributed by atoms with E-state index in [-0.39, 0.29) is 5.78 Å². The van der Waals surface area contributed by atoms with Gasteiger partial charge in [0.25, 0.3) is 0 Å². The van der Waals surface area contributed by atoms with Gasteiger partial charge in [0.2, 0.25) is 0 Å². The number of benzene rings is 2. The lowest BCUT2D eigenvalue weighted by molar-refractivity contribution is -0.120. The Morgan fingerprint density at radius 3 is 1.43 bits per heavy atom. The quantitative estimate of drug-likeness (QED) is 0.358. The van der Waals surface area contributed by atoms with E-state index in [1.165, 1.54) is 0 Å². The van der Waals surface area contributed by atoms with Crippen LogP contribution in [0.15, 0.2) is 97.6 Å². The van der Waals surface area contributed by atoms with Gasteiger partial charge in [-0.3, -0.25) is 14.8 Å². The van der Waals surface area contributed by atoms with Crippen LogP contribution in [0.5, 0.6) is 0 Å². The van der Waals surface area contributed by atoms with Crippen molar-refractivity contribution in [2.45, 2.75) is 11.8 Å². The van der Waals surface area contributed by atoms with Crippen LogP contribution in [-0.4, -0.2) is 15.8 Å². The molecule has 2 aromatic heterocycles. The van der Waals surface area contributed by atoms with Crippen LogP contribution in [0, 0.1) is 0 Å². The average Bonchev–Trinajstić information content (AvgIpc) is 2.76. The first-order valence-corrected chi connectivity index (χ1v) is 10.2. The van der Waals surface area contributed by atoms with Crippen LogP contribution in [0.1, 0.15) is 34.1 Å². The first kappa shape index (κ1) is 20.3. The third kappa shape index (κ3) is 4.43. The number of rotatable bonds is 6. The number of carbonyl (C=O) groups excluding carboxylic acids is 1. The standard InChI is InChI=1S/C25H18Cl2N2O/c26-21-9-1-5-17(13-21)23(19-7-3-11-28-15-19)25(30)24(20-8-4-12-29-16-20)18-6-2-10-22(27)14-18/h1-16,23-24H. The highest BCUT2D eigenvalue weighted by atomic mass is 35.5. The van der Waals surface area contributed by atoms with Gasteiger partial charge in [-0.25, -0.2) is 0 Å². The molecule has 0 aliphatic rings. The highest BCUT2D eigenvalue weighted by Crippen LogP contribution is 2.36. The van der Waals surface area contributed by atoms with Crippen molar-refractivity contribution in [3.8, 4) is 0 Å². The molecule has 0 amide bonds. The minimum absolute atomic E-state index is 0.000494. The van der Waals surface area contributed by atoms with Crippen LogP contribution in [0.25, 0.3) is 0 Å². The number of ketones is 1. The van der Waals surface area contributed by atoms with Crippen molar-refractivity contribution in [1.82, 2.24) is 9.97 Å². The summed E-state index contributed by atoms with van der Waals surface area (Å²) in [6.07, 6.45) is 6.83. The number of pyridine rings is 2. The Balaban J connectivity index is 1.88. The summed E-state index contributed by atoms with van der Waals surface area (Å²) in [7, 11) is 0. The van der Waals surface area contributed by atoms with Crippen molar-refractivity contribution in [1.29, 1.82) is 0 Å². The number of nitrogens with zero attached hydrogens (tertiary/aromatic N) is 2. The van der Waals surface area contributed by atoms with Crippen molar-refractivity contribution < 1.29 is 4.79 Å². The van der Waals surface area contributed by atoms with Crippen LogP contribution in [0.4, 0.5) is 0 Å². The van der Waals surface area contributed by atoms with E-state index >= 15 is 0 Å². The van der Waals surface area contributed by atoms with E-state index in [1.54, 1.807) is 36.9 Å². The highest BCUT2D eigenvalue weighted by Gasteiger charge is 2.32. The molecule has 0 saturated carbocycles. The summed E-state index contributed by atoms with van der Waals surface area (Å²) in [4.78, 5) is 22.6. The molecule has 0 aliphatic heterocycles. The summed E-state index contributed by atoms with van der Waals surface area (Å²) in [6, 6.07) is 22.3. The van der Waals surface area contributed by atoms with E-state index in [0.717, 1.165) is 22.3 Å². The lowest BCUT2D eigenvalue weighted by Crippen LogP contribution is -2.23. The van der Waals surface area contributed by atoms with E-state index in [2.05, 4.69) is 9.97 Å². The molecule has 2 heterocycles. The number of Topliss-reactive ketones (excluding diaryl/α,β-unsaturated/α-hetero) is 1. The second-order valence-electron chi connectivity index (χ2n) is 6.95. The fourth-order valence-corrected chi connectivity index (χ4v) is 4.07. The number of halogens is 2. The molecule has 4 aromatic rings. The Morgan fingerprint density at radius 1 is 0.633 bits per heavy atom. The fraction of sp³-hybridized carbons (Fsp3) is 0.0800. The van der Waals surface area contributed by atoms with Gasteiger partial charge in [0.1, 0.15) is 0 Å². The Labute approximate surface area is 185 Å². The van der Waals surface area contributed by atoms with Crippen LogP contribution >= 0.6 is 23.2 Å². The predicted octanol–water partition coefficient (Wildman–Crippen LogP) is 6.32. The minimum Gasteiger partial charge on any atom is -0.298 e. The molecule has 2 unspecified atom stereocenters. The monoisotopic (exact) mass is 432 g/mol. The lowest BCUT2D eigenvalue weighted by Gasteiger charge is -2.24. The van der Waals surface area contributed by atoms with Crippen molar-refractivity contribution in [3.63, 3.8) is 0 Å². The van der Waals surface area contributed by atoms with Gasteiger partial charge in [0.15, 0.2) is 5.78 Å². The molecule has 4 rings (SSSR count). The van der Waals surface area contributed by atoms with Gasteiger partial charge in [-0.1, -0.05) is 59.6 Å². The molecule has 2 aromatic carbocycles. The Morgan fingerprint density at radius 2 is 1.07 bits per heavy atom. The second-order valence-corrected chi connectivity index (χ2v) is 7.82. The smallest absolute Gasteiger partial charge is 0.156 e. The second kappa shape index (κ2) is 9.21. The number of aromatic nitrogens is 2. The van der Waals surface area contributed by atoms with Crippen LogP contribution in [0.3, 0.4) is 0 Å². The van der Waals surface area contributed by atoms with Gasteiger partial charge in [-0.05, 0) is 58.7 Å². The predicted molar refractivity (Wildman–Crippen MR) is 120 cm³/mol. The summed E-state index contributed by atoms with van der Waals surface area (Å²) < 4.78 is 0. The summed E-state index contributed by atoms with van der Waals surface area (Å²) in [6.45, 7) is 0. The molecular formula is C25H18Cl2N2O. The summed E-state index contributed by atoms with van der Waals surface area (Å²) in [5, 5.41) is 1.16. The molecule has 0 fully saturated rings. The van der Waals surface area contributed by atoms with Crippen LogP contribution < -0.4 is 0 Å².